The van der Waals surface area contributed by atoms with E-state index in [-0.39, 0.29) is 71.4 Å². The summed E-state index contributed by atoms with van der Waals surface area (Å²) in [5.41, 5.74) is 9.13. The molecule has 4 aliphatic rings. The Morgan fingerprint density at radius 2 is 1.81 bits per heavy atom. The van der Waals surface area contributed by atoms with Crippen molar-refractivity contribution in [2.75, 3.05) is 13.7 Å². The maximum absolute atomic E-state index is 13.5. The van der Waals surface area contributed by atoms with E-state index >= 15 is 0 Å². The van der Waals surface area contributed by atoms with Gasteiger partial charge in [-0.15, -0.1) is 40.3 Å². The monoisotopic (exact) mass is 712 g/mol. The largest absolute Gasteiger partial charge is 2.00 e. The Bertz CT molecular complexity index is 2050. The first-order valence-corrected chi connectivity index (χ1v) is 18.1. The van der Waals surface area contributed by atoms with E-state index in [0.717, 1.165) is 63.6 Å². The summed E-state index contributed by atoms with van der Waals surface area (Å²) in [5, 5.41) is 23.8. The summed E-state index contributed by atoms with van der Waals surface area (Å²) in [6, 6.07) is -0.877. The van der Waals surface area contributed by atoms with Crippen molar-refractivity contribution in [3.8, 4) is 12.3 Å². The molecule has 1 N–H and O–H groups in total. The minimum atomic E-state index is -1.24. The fourth-order valence-corrected chi connectivity index (χ4v) is 8.21. The molecule has 8 bridgehead atoms. The normalized spacial score (nSPS) is 26.9. The van der Waals surface area contributed by atoms with Gasteiger partial charge < -0.3 is 35.2 Å². The van der Waals surface area contributed by atoms with E-state index in [9.17, 15) is 14.7 Å². The van der Waals surface area contributed by atoms with E-state index in [2.05, 4.69) is 39.7 Å². The number of methoxy groups -OCH3 is 1. The molecule has 3 aliphatic heterocycles. The van der Waals surface area contributed by atoms with E-state index in [4.69, 9.17) is 36.5 Å². The van der Waals surface area contributed by atoms with Crippen LogP contribution in [0.25, 0.3) is 28.4 Å². The molecule has 9 nitrogen and oxygen atoms in total. The number of rotatable bonds is 9. The number of aliphatic hydroxyl groups is 1. The summed E-state index contributed by atoms with van der Waals surface area (Å²) in [7, 11) is 1.31. The van der Waals surface area contributed by atoms with Crippen LogP contribution in [0.4, 0.5) is 0 Å². The molecule has 1 saturated heterocycles. The molecule has 270 valence electrons. The molecule has 2 aromatic rings. The number of terminal acetylenes is 1. The van der Waals surface area contributed by atoms with Gasteiger partial charge in [-0.05, 0) is 70.4 Å². The first-order chi connectivity index (χ1) is 24.4. The van der Waals surface area contributed by atoms with Crippen LogP contribution >= 0.6 is 0 Å². The van der Waals surface area contributed by atoms with E-state index < -0.39 is 18.1 Å². The van der Waals surface area contributed by atoms with Crippen molar-refractivity contribution in [1.82, 2.24) is 9.97 Å². The zero-order valence-corrected chi connectivity index (χ0v) is 33.1. The topological polar surface area (TPSA) is 129 Å². The molecule has 6 atom stereocenters. The second kappa shape index (κ2) is 16.0. The molecule has 5 heterocycles. The fraction of sp³-hybridized carbons (Fsp3) is 0.476. The average molecular weight is 713 g/mol. The minimum absolute atomic E-state index is 0. The standard InChI is InChI=1S/C42H49N4O5.Mg/c1-10-13-21(4)16-17-51-35(47)15-14-28-24(7)31-18-29-22(5)26(11-2)33(43-29)19-30-23(6)27(12-3)34(44-30)20-32-25(8)36-40(46-32)37(39(28)45-31)38(41(36)48)42(49)50-9;/h2,16,18-20,24,26,28,33,39,41,48H,10,12-15,17H2,1,3-9H3,(H-,44,46,49);/q-3;+2/p-1/b21-16-,30-19-,31-18-;/t24-,26+,28-,33?,39?,41+;/m0./s1. The maximum atomic E-state index is 13.5. The second-order valence-corrected chi connectivity index (χ2v) is 14.2. The molecule has 0 radical (unpaired) electrons. The van der Waals surface area contributed by atoms with Gasteiger partial charge in [0, 0.05) is 12.3 Å². The number of ether oxygens (including phenoxy) is 2. The molecule has 0 aromatic carbocycles. The van der Waals surface area contributed by atoms with Gasteiger partial charge in [-0.25, -0.2) is 4.79 Å². The minimum Gasteiger partial charge on any atom is -0.681 e. The van der Waals surface area contributed by atoms with Crippen LogP contribution in [0.3, 0.4) is 0 Å². The van der Waals surface area contributed by atoms with Crippen LogP contribution in [-0.2, 0) is 25.5 Å². The van der Waals surface area contributed by atoms with Crippen LogP contribution in [0.1, 0.15) is 100 Å². The molecule has 2 unspecified atom stereocenters. The van der Waals surface area contributed by atoms with Gasteiger partial charge in [0.15, 0.2) is 0 Å². The predicted molar refractivity (Wildman–Crippen MR) is 204 cm³/mol. The second-order valence-electron chi connectivity index (χ2n) is 14.2. The average Bonchev–Trinajstić information content (AvgIpc) is 3.84. The number of hydrogen-bond donors (Lipinski definition) is 1. The van der Waals surface area contributed by atoms with E-state index in [0.29, 0.717) is 28.9 Å². The molecule has 2 aromatic heterocycles. The summed E-state index contributed by atoms with van der Waals surface area (Å²) in [6.45, 7) is 14.6. The number of esters is 2. The predicted octanol–water partition coefficient (Wildman–Crippen LogP) is 5.24. The number of fused-ring (bicyclic) bond motifs is 8. The smallest absolute Gasteiger partial charge is 0.681 e. The van der Waals surface area contributed by atoms with E-state index in [1.165, 1.54) is 12.7 Å². The Morgan fingerprint density at radius 3 is 2.48 bits per heavy atom. The van der Waals surface area contributed by atoms with Crippen molar-refractivity contribution >= 4 is 52.7 Å². The quantitative estimate of drug-likeness (QED) is 0.163. The third kappa shape index (κ3) is 6.95. The van der Waals surface area contributed by atoms with E-state index in [1.54, 1.807) is 0 Å². The number of nitrogens with zero attached hydrogens (tertiary/aromatic N) is 4. The molecule has 10 heteroatoms. The molecule has 0 saturated carbocycles. The van der Waals surface area contributed by atoms with Crippen LogP contribution in [0.2, 0.25) is 0 Å². The summed E-state index contributed by atoms with van der Waals surface area (Å²) < 4.78 is 10.8. The molecular formula is C42H48MgN4O5-2. The Morgan fingerprint density at radius 1 is 1.06 bits per heavy atom. The van der Waals surface area contributed by atoms with Crippen molar-refractivity contribution in [2.45, 2.75) is 98.8 Å². The summed E-state index contributed by atoms with van der Waals surface area (Å²) >= 11 is 0. The molecule has 0 spiro atoms. The third-order valence-electron chi connectivity index (χ3n) is 11.2. The van der Waals surface area contributed by atoms with Gasteiger partial charge in [0.05, 0.1) is 12.7 Å². The van der Waals surface area contributed by atoms with Gasteiger partial charge in [-0.1, -0.05) is 90.8 Å². The summed E-state index contributed by atoms with van der Waals surface area (Å²) in [6.07, 6.45) is 16.2. The number of hydrogen-bond acceptors (Lipinski definition) is 5. The molecule has 52 heavy (non-hydrogen) atoms. The van der Waals surface area contributed by atoms with Gasteiger partial charge >= 0.3 is 35.0 Å². The number of aliphatic hydroxyl groups excluding tert-OH is 1. The van der Waals surface area contributed by atoms with Crippen molar-refractivity contribution in [3.63, 3.8) is 0 Å². The molecule has 6 rings (SSSR count). The molecule has 1 fully saturated rings. The molecule has 0 amide bonds. The van der Waals surface area contributed by atoms with Gasteiger partial charge in [-0.2, -0.15) is 5.70 Å². The van der Waals surface area contributed by atoms with Crippen LogP contribution < -0.4 is 20.7 Å². The SMILES string of the molecule is C#C[C@@H]1C(C)=C2/C=C3\[N-]C(C4=C(C(=O)OC)[C@H](O)c5c4[n-]c(c5C)/C=c4\[n-]/c(c(C)c4CC)=C\C1[N-]2)[C@@H](CCC(=O)OC/C=C(/C)CCC)[C@@H]3C.[Mg+2]. The Hall–Kier alpha value is -3.91. The summed E-state index contributed by atoms with van der Waals surface area (Å²) in [5.74, 6) is 1.45. The summed E-state index contributed by atoms with van der Waals surface area (Å²) in [4.78, 5) is 36.7. The zero-order valence-electron chi connectivity index (χ0n) is 31.7. The van der Waals surface area contributed by atoms with Gasteiger partial charge in [-0.3, -0.25) is 4.79 Å². The number of aromatic nitrogens is 2. The fourth-order valence-electron chi connectivity index (χ4n) is 8.21. The Labute approximate surface area is 323 Å². The van der Waals surface area contributed by atoms with Crippen molar-refractivity contribution in [3.05, 3.63) is 95.2 Å². The third-order valence-corrected chi connectivity index (χ3v) is 11.2. The van der Waals surface area contributed by atoms with Crippen molar-refractivity contribution in [2.24, 2.45) is 17.8 Å². The van der Waals surface area contributed by atoms with Crippen molar-refractivity contribution < 1.29 is 24.2 Å². The van der Waals surface area contributed by atoms with Crippen molar-refractivity contribution in [1.29, 1.82) is 0 Å². The maximum Gasteiger partial charge on any atom is 2.00 e. The first-order valence-electron chi connectivity index (χ1n) is 18.1. The van der Waals surface area contributed by atoms with Gasteiger partial charge in [0.25, 0.3) is 0 Å². The zero-order chi connectivity index (χ0) is 36.7. The van der Waals surface area contributed by atoms with Gasteiger partial charge in [0.1, 0.15) is 12.7 Å². The molecule has 1 aliphatic carbocycles. The Balaban J connectivity index is 0.00000523. The number of carbonyl (C=O) groups excluding carboxylic acids is 2. The Kier molecular flexibility index (Phi) is 12.1. The molecular weight excluding hydrogens is 665 g/mol. The first kappa shape index (κ1) is 39.3. The van der Waals surface area contributed by atoms with E-state index in [1.807, 2.05) is 39.0 Å². The number of allylic oxidation sites excluding steroid dienone is 3. The van der Waals surface area contributed by atoms with Gasteiger partial charge in [0.2, 0.25) is 0 Å². The van der Waals surface area contributed by atoms with Crippen LogP contribution in [0, 0.1) is 43.9 Å². The van der Waals surface area contributed by atoms with Crippen LogP contribution in [-0.4, -0.2) is 65.9 Å². The number of carbonyl (C=O) groups is 2. The van der Waals surface area contributed by atoms with Crippen LogP contribution in [0.5, 0.6) is 0 Å². The van der Waals surface area contributed by atoms with Crippen LogP contribution in [0.15, 0.2) is 40.3 Å².